The van der Waals surface area contributed by atoms with Crippen molar-refractivity contribution in [3.63, 3.8) is 0 Å². The third-order valence-electron chi connectivity index (χ3n) is 7.24. The number of hydrogen-bond acceptors (Lipinski definition) is 7. The van der Waals surface area contributed by atoms with Gasteiger partial charge in [0, 0.05) is 49.5 Å². The van der Waals surface area contributed by atoms with E-state index >= 15 is 4.39 Å². The van der Waals surface area contributed by atoms with Crippen LogP contribution in [0, 0.1) is 6.92 Å². The number of pyridine rings is 1. The molecule has 2 saturated heterocycles. The van der Waals surface area contributed by atoms with Crippen molar-refractivity contribution in [1.29, 1.82) is 0 Å². The summed E-state index contributed by atoms with van der Waals surface area (Å²) in [6.45, 7) is 3.34. The van der Waals surface area contributed by atoms with Gasteiger partial charge in [-0.1, -0.05) is 7.43 Å². The number of carbonyl (C=O) groups excluding carboxylic acids is 1. The van der Waals surface area contributed by atoms with Gasteiger partial charge in [0.15, 0.2) is 6.17 Å². The van der Waals surface area contributed by atoms with Crippen molar-refractivity contribution in [3.8, 4) is 6.01 Å². The van der Waals surface area contributed by atoms with Gasteiger partial charge in [-0.2, -0.15) is 5.10 Å². The van der Waals surface area contributed by atoms with Crippen LogP contribution in [0.25, 0.3) is 21.8 Å². The van der Waals surface area contributed by atoms with Crippen LogP contribution in [-0.4, -0.2) is 74.1 Å². The third-order valence-corrected chi connectivity index (χ3v) is 7.24. The molecule has 2 fully saturated rings. The summed E-state index contributed by atoms with van der Waals surface area (Å²) in [7, 11) is 0. The summed E-state index contributed by atoms with van der Waals surface area (Å²) in [4.78, 5) is 38.8. The van der Waals surface area contributed by atoms with Crippen molar-refractivity contribution in [3.05, 3.63) is 58.3 Å². The predicted octanol–water partition coefficient (Wildman–Crippen LogP) is 3.60. The van der Waals surface area contributed by atoms with Crippen molar-refractivity contribution in [2.24, 2.45) is 0 Å². The van der Waals surface area contributed by atoms with E-state index in [0.29, 0.717) is 53.7 Å². The lowest BCUT2D eigenvalue weighted by atomic mass is 10.00. The van der Waals surface area contributed by atoms with Crippen LogP contribution in [0.5, 0.6) is 6.01 Å². The number of hydrogen-bond donors (Lipinski definition) is 1. The number of aromatic amines is 1. The van der Waals surface area contributed by atoms with E-state index in [-0.39, 0.29) is 37.5 Å². The molecular weight excluding hydrogens is 491 g/mol. The lowest BCUT2D eigenvalue weighted by Gasteiger charge is -2.34. The third kappa shape index (κ3) is 4.62. The normalized spacial score (nSPS) is 20.4. The van der Waals surface area contributed by atoms with Crippen molar-refractivity contribution in [2.45, 2.75) is 51.9 Å². The Labute approximate surface area is 218 Å². The molecule has 11 heteroatoms. The van der Waals surface area contributed by atoms with Crippen molar-refractivity contribution in [2.75, 3.05) is 26.3 Å². The summed E-state index contributed by atoms with van der Waals surface area (Å²) >= 11 is 0. The van der Waals surface area contributed by atoms with Crippen molar-refractivity contribution < 1.29 is 18.7 Å². The summed E-state index contributed by atoms with van der Waals surface area (Å²) in [5.41, 5.74) is 2.30. The number of nitrogens with one attached hydrogen (secondary N) is 1. The number of benzene rings is 1. The van der Waals surface area contributed by atoms with Crippen LogP contribution in [0.15, 0.2) is 41.6 Å². The molecular formula is C27H31FN6O4. The minimum atomic E-state index is -1.37. The first-order chi connectivity index (χ1) is 18.0. The molecule has 0 radical (unpaired) electrons. The largest absolute Gasteiger partial charge is 0.457 e. The van der Waals surface area contributed by atoms with Gasteiger partial charge < -0.3 is 19.4 Å². The van der Waals surface area contributed by atoms with Gasteiger partial charge in [-0.05, 0) is 43.5 Å². The molecule has 1 aromatic carbocycles. The molecule has 0 spiro atoms. The number of aromatic nitrogens is 5. The van der Waals surface area contributed by atoms with E-state index in [4.69, 9.17) is 9.47 Å². The Bertz CT molecular complexity index is 1520. The van der Waals surface area contributed by atoms with Gasteiger partial charge in [0.2, 0.25) is 0 Å². The van der Waals surface area contributed by atoms with E-state index in [2.05, 4.69) is 20.1 Å². The Morgan fingerprint density at radius 2 is 1.92 bits per heavy atom. The zero-order chi connectivity index (χ0) is 25.5. The van der Waals surface area contributed by atoms with Gasteiger partial charge in [-0.25, -0.2) is 14.4 Å². The first-order valence-electron chi connectivity index (χ1n) is 12.5. The van der Waals surface area contributed by atoms with Gasteiger partial charge in [0.25, 0.3) is 11.5 Å². The number of fused-ring (bicyclic) bond motifs is 3. The van der Waals surface area contributed by atoms with Gasteiger partial charge in [-0.3, -0.25) is 14.3 Å². The monoisotopic (exact) mass is 522 g/mol. The average Bonchev–Trinajstić information content (AvgIpc) is 3.37. The second-order valence-corrected chi connectivity index (χ2v) is 9.61. The molecule has 2 aliphatic heterocycles. The Morgan fingerprint density at radius 1 is 1.16 bits per heavy atom. The molecule has 0 bridgehead atoms. The average molecular weight is 523 g/mol. The summed E-state index contributed by atoms with van der Waals surface area (Å²) in [6.07, 6.45) is 4.48. The Hall–Kier alpha value is -3.86. The molecule has 0 aliphatic carbocycles. The number of rotatable bonds is 4. The van der Waals surface area contributed by atoms with E-state index in [1.54, 1.807) is 24.4 Å². The van der Waals surface area contributed by atoms with E-state index in [1.807, 2.05) is 11.6 Å². The molecule has 10 nitrogen and oxygen atoms in total. The highest BCUT2D eigenvalue weighted by atomic mass is 19.1. The molecule has 2 aliphatic rings. The fourth-order valence-electron chi connectivity index (χ4n) is 5.28. The van der Waals surface area contributed by atoms with Crippen molar-refractivity contribution >= 4 is 27.7 Å². The number of ether oxygens (including phenoxy) is 2. The second kappa shape index (κ2) is 10.5. The fraction of sp³-hybridized carbons (Fsp3) is 0.444. The second-order valence-electron chi connectivity index (χ2n) is 9.61. The zero-order valence-corrected chi connectivity index (χ0v) is 20.4. The maximum Gasteiger partial charge on any atom is 0.316 e. The molecule has 5 heterocycles. The van der Waals surface area contributed by atoms with Gasteiger partial charge >= 0.3 is 6.01 Å². The highest BCUT2D eigenvalue weighted by molar-refractivity contribution is 6.07. The van der Waals surface area contributed by atoms with Gasteiger partial charge in [-0.15, -0.1) is 0 Å². The van der Waals surface area contributed by atoms with Crippen molar-refractivity contribution in [1.82, 2.24) is 29.6 Å². The van der Waals surface area contributed by atoms with Crippen LogP contribution in [-0.2, 0) is 4.74 Å². The van der Waals surface area contributed by atoms with E-state index in [9.17, 15) is 9.59 Å². The smallest absolute Gasteiger partial charge is 0.316 e. The molecule has 0 saturated carbocycles. The number of alkyl halides is 1. The minimum Gasteiger partial charge on any atom is -0.457 e. The fourth-order valence-corrected chi connectivity index (χ4v) is 5.28. The first kappa shape index (κ1) is 25.8. The molecule has 3 aromatic heterocycles. The number of H-pyrrole nitrogens is 1. The number of likely N-dealkylation sites (tertiary alicyclic amines) is 1. The van der Waals surface area contributed by atoms with Crippen LogP contribution in [0.3, 0.4) is 0 Å². The molecule has 1 amide bonds. The lowest BCUT2D eigenvalue weighted by molar-refractivity contribution is 0.0164. The maximum absolute atomic E-state index is 15.0. The molecule has 2 atom stereocenters. The quantitative estimate of drug-likeness (QED) is 0.436. The highest BCUT2D eigenvalue weighted by Crippen LogP contribution is 2.30. The SMILES string of the molecule is C.Cc1cc2[nH]c(=O)c3cnn(C4CCOCC4)c3c2cc1C(=O)N1CC[C@H](Oc2ncccn2)[C@H](F)C1. The number of amides is 1. The maximum atomic E-state index is 15.0. The van der Waals surface area contributed by atoms with E-state index in [1.165, 1.54) is 17.3 Å². The molecule has 0 unspecified atom stereocenters. The lowest BCUT2D eigenvalue weighted by Crippen LogP contribution is -2.49. The zero-order valence-electron chi connectivity index (χ0n) is 20.4. The molecule has 1 N–H and O–H groups in total. The van der Waals surface area contributed by atoms with E-state index in [0.717, 1.165) is 18.2 Å². The van der Waals surface area contributed by atoms with Gasteiger partial charge in [0.05, 0.1) is 35.2 Å². The Balaban J connectivity index is 0.00000294. The molecule has 4 aromatic rings. The first-order valence-corrected chi connectivity index (χ1v) is 12.5. The number of nitrogens with zero attached hydrogens (tertiary/aromatic N) is 5. The predicted molar refractivity (Wildman–Crippen MR) is 140 cm³/mol. The van der Waals surface area contributed by atoms with E-state index < -0.39 is 12.3 Å². The summed E-state index contributed by atoms with van der Waals surface area (Å²) in [5.74, 6) is -0.257. The minimum absolute atomic E-state index is 0. The topological polar surface area (TPSA) is 115 Å². The standard InChI is InChI=1S/C26H27FN6O4.CH4/c1-15-11-21-18(23-19(24(34)31-21)13-30-33(23)16-4-9-36-10-5-16)12-17(15)25(35)32-8-3-22(20(27)14-32)37-26-28-6-2-7-29-26;/h2,6-7,11-13,16,20,22H,3-5,8-10,14H2,1H3,(H,31,34);1H4/t20-,22+;/m1./s1. The number of carbonyl (C=O) groups is 1. The summed E-state index contributed by atoms with van der Waals surface area (Å²) < 4.78 is 28.1. The molecule has 200 valence electrons. The summed E-state index contributed by atoms with van der Waals surface area (Å²) in [5, 5.41) is 5.76. The van der Waals surface area contributed by atoms with Gasteiger partial charge in [0.1, 0.15) is 6.10 Å². The van der Waals surface area contributed by atoms with Crippen LogP contribution in [0.4, 0.5) is 4.39 Å². The Morgan fingerprint density at radius 3 is 2.66 bits per heavy atom. The number of aryl methyl sites for hydroxylation is 1. The number of halogens is 1. The van der Waals surface area contributed by atoms with Crippen LogP contribution >= 0.6 is 0 Å². The molecule has 38 heavy (non-hydrogen) atoms. The Kier molecular flexibility index (Phi) is 7.11. The summed E-state index contributed by atoms with van der Waals surface area (Å²) in [6, 6.07) is 5.50. The number of piperidine rings is 1. The van der Waals surface area contributed by atoms with Crippen LogP contribution in [0.1, 0.15) is 48.7 Å². The molecule has 6 rings (SSSR count). The van der Waals surface area contributed by atoms with Crippen LogP contribution in [0.2, 0.25) is 0 Å². The van der Waals surface area contributed by atoms with Crippen LogP contribution < -0.4 is 10.3 Å². The highest BCUT2D eigenvalue weighted by Gasteiger charge is 2.34.